The van der Waals surface area contributed by atoms with Crippen molar-refractivity contribution in [1.29, 1.82) is 0 Å². The van der Waals surface area contributed by atoms with E-state index in [1.54, 1.807) is 11.3 Å². The van der Waals surface area contributed by atoms with Crippen LogP contribution in [-0.4, -0.2) is 39.8 Å². The Morgan fingerprint density at radius 1 is 1.40 bits per heavy atom. The summed E-state index contributed by atoms with van der Waals surface area (Å²) in [6.45, 7) is 9.20. The molecule has 4 nitrogen and oxygen atoms in total. The molecule has 114 valence electrons. The average molecular weight is 316 g/mol. The first-order valence-electron chi connectivity index (χ1n) is 7.42. The van der Waals surface area contributed by atoms with Crippen molar-refractivity contribution < 1.29 is 4.21 Å². The maximum Gasteiger partial charge on any atom is 0.185 e. The largest absolute Gasteiger partial charge is 0.346 e. The van der Waals surface area contributed by atoms with E-state index in [1.165, 1.54) is 10.6 Å². The van der Waals surface area contributed by atoms with Gasteiger partial charge in [0.15, 0.2) is 5.13 Å². The second-order valence-electron chi connectivity index (χ2n) is 5.49. The van der Waals surface area contributed by atoms with Crippen LogP contribution in [0.1, 0.15) is 37.8 Å². The molecule has 0 aliphatic carbocycles. The molecule has 1 aromatic heterocycles. The Morgan fingerprint density at radius 2 is 2.10 bits per heavy atom. The van der Waals surface area contributed by atoms with E-state index in [0.29, 0.717) is 6.04 Å². The van der Waals surface area contributed by atoms with Gasteiger partial charge in [0, 0.05) is 52.9 Å². The van der Waals surface area contributed by atoms with E-state index in [2.05, 4.69) is 31.0 Å². The van der Waals surface area contributed by atoms with Crippen molar-refractivity contribution in [3.63, 3.8) is 0 Å². The van der Waals surface area contributed by atoms with E-state index < -0.39 is 10.8 Å². The van der Waals surface area contributed by atoms with Gasteiger partial charge in [0.1, 0.15) is 0 Å². The fraction of sp³-hybridized carbons (Fsp3) is 0.786. The lowest BCUT2D eigenvalue weighted by Gasteiger charge is -2.25. The SMILES string of the molecule is CCCc1nc(N2CCS(=O)CC2)sc1CNC(C)C. The number of rotatable bonds is 6. The van der Waals surface area contributed by atoms with Crippen molar-refractivity contribution in [2.75, 3.05) is 29.5 Å². The van der Waals surface area contributed by atoms with Crippen LogP contribution in [0, 0.1) is 0 Å². The summed E-state index contributed by atoms with van der Waals surface area (Å²) in [7, 11) is -0.623. The zero-order valence-electron chi connectivity index (χ0n) is 12.6. The molecule has 1 saturated heterocycles. The number of anilines is 1. The normalized spacial score (nSPS) is 17.1. The molecular weight excluding hydrogens is 290 g/mol. The molecule has 2 heterocycles. The van der Waals surface area contributed by atoms with Crippen molar-refractivity contribution >= 4 is 27.3 Å². The average Bonchev–Trinajstić information content (AvgIpc) is 2.81. The Balaban J connectivity index is 2.09. The lowest BCUT2D eigenvalue weighted by atomic mass is 10.2. The van der Waals surface area contributed by atoms with Crippen molar-refractivity contribution in [2.24, 2.45) is 0 Å². The van der Waals surface area contributed by atoms with Crippen LogP contribution in [0.5, 0.6) is 0 Å². The third-order valence-electron chi connectivity index (χ3n) is 3.37. The standard InChI is InChI=1S/C14H25N3OS2/c1-4-5-12-13(10-15-11(2)3)19-14(16-12)17-6-8-20(18)9-7-17/h11,15H,4-10H2,1-3H3. The van der Waals surface area contributed by atoms with Gasteiger partial charge in [0.2, 0.25) is 0 Å². The Hall–Kier alpha value is -0.460. The molecule has 0 aromatic carbocycles. The molecule has 1 N–H and O–H groups in total. The van der Waals surface area contributed by atoms with E-state index in [0.717, 1.165) is 49.1 Å². The number of thiazole rings is 1. The first kappa shape index (κ1) is 15.9. The zero-order valence-corrected chi connectivity index (χ0v) is 14.3. The van der Waals surface area contributed by atoms with E-state index in [1.807, 2.05) is 0 Å². The summed E-state index contributed by atoms with van der Waals surface area (Å²) in [4.78, 5) is 8.49. The molecule has 1 aliphatic rings. The smallest absolute Gasteiger partial charge is 0.185 e. The van der Waals surface area contributed by atoms with Crippen LogP contribution < -0.4 is 10.2 Å². The molecule has 0 atom stereocenters. The van der Waals surface area contributed by atoms with Gasteiger partial charge in [-0.05, 0) is 6.42 Å². The Bertz CT molecular complexity index is 449. The minimum Gasteiger partial charge on any atom is -0.346 e. The maximum absolute atomic E-state index is 11.4. The third-order valence-corrected chi connectivity index (χ3v) is 5.81. The van der Waals surface area contributed by atoms with Crippen LogP contribution in [0.25, 0.3) is 0 Å². The molecule has 0 radical (unpaired) electrons. The molecule has 0 saturated carbocycles. The number of nitrogens with zero attached hydrogens (tertiary/aromatic N) is 2. The predicted octanol–water partition coefficient (Wildman–Crippen LogP) is 2.16. The predicted molar refractivity (Wildman–Crippen MR) is 88.2 cm³/mol. The number of aryl methyl sites for hydroxylation is 1. The van der Waals surface area contributed by atoms with E-state index in [-0.39, 0.29) is 0 Å². The van der Waals surface area contributed by atoms with E-state index in [4.69, 9.17) is 4.98 Å². The summed E-state index contributed by atoms with van der Waals surface area (Å²) in [5, 5.41) is 4.60. The molecule has 1 aromatic rings. The molecule has 2 rings (SSSR count). The highest BCUT2D eigenvalue weighted by Crippen LogP contribution is 2.28. The minimum atomic E-state index is -0.623. The molecule has 0 spiro atoms. The highest BCUT2D eigenvalue weighted by molar-refractivity contribution is 7.85. The molecule has 1 fully saturated rings. The van der Waals surface area contributed by atoms with Crippen LogP contribution in [-0.2, 0) is 23.8 Å². The van der Waals surface area contributed by atoms with Crippen molar-refractivity contribution in [2.45, 2.75) is 46.2 Å². The van der Waals surface area contributed by atoms with Gasteiger partial charge in [-0.3, -0.25) is 4.21 Å². The van der Waals surface area contributed by atoms with Crippen molar-refractivity contribution in [1.82, 2.24) is 10.3 Å². The first-order valence-corrected chi connectivity index (χ1v) is 9.72. The highest BCUT2D eigenvalue weighted by Gasteiger charge is 2.20. The molecule has 6 heteroatoms. The monoisotopic (exact) mass is 315 g/mol. The fourth-order valence-electron chi connectivity index (χ4n) is 2.20. The van der Waals surface area contributed by atoms with Crippen LogP contribution in [0.2, 0.25) is 0 Å². The summed E-state index contributed by atoms with van der Waals surface area (Å²) in [5.74, 6) is 1.56. The van der Waals surface area contributed by atoms with E-state index >= 15 is 0 Å². The Morgan fingerprint density at radius 3 is 2.70 bits per heavy atom. The number of aromatic nitrogens is 1. The van der Waals surface area contributed by atoms with Gasteiger partial charge in [-0.15, -0.1) is 11.3 Å². The van der Waals surface area contributed by atoms with Gasteiger partial charge >= 0.3 is 0 Å². The second kappa shape index (κ2) is 7.52. The molecule has 0 unspecified atom stereocenters. The minimum absolute atomic E-state index is 0.493. The third kappa shape index (κ3) is 4.27. The lowest BCUT2D eigenvalue weighted by Crippen LogP contribution is -2.37. The first-order chi connectivity index (χ1) is 9.60. The van der Waals surface area contributed by atoms with Gasteiger partial charge in [0.05, 0.1) is 5.69 Å². The van der Waals surface area contributed by atoms with E-state index in [9.17, 15) is 4.21 Å². The van der Waals surface area contributed by atoms with Gasteiger partial charge in [-0.1, -0.05) is 27.2 Å². The second-order valence-corrected chi connectivity index (χ2v) is 8.25. The lowest BCUT2D eigenvalue weighted by molar-refractivity contribution is 0.589. The number of nitrogens with one attached hydrogen (secondary N) is 1. The van der Waals surface area contributed by atoms with Gasteiger partial charge in [0.25, 0.3) is 0 Å². The fourth-order valence-corrected chi connectivity index (χ4v) is 4.36. The highest BCUT2D eigenvalue weighted by atomic mass is 32.2. The molecular formula is C14H25N3OS2. The topological polar surface area (TPSA) is 45.2 Å². The summed E-state index contributed by atoms with van der Waals surface area (Å²) in [6, 6.07) is 0.493. The van der Waals surface area contributed by atoms with Gasteiger partial charge in [-0.25, -0.2) is 4.98 Å². The number of hydrogen-bond acceptors (Lipinski definition) is 5. The van der Waals surface area contributed by atoms with Gasteiger partial charge < -0.3 is 10.2 Å². The maximum atomic E-state index is 11.4. The summed E-state index contributed by atoms with van der Waals surface area (Å²) in [6.07, 6.45) is 2.17. The molecule has 0 amide bonds. The van der Waals surface area contributed by atoms with Crippen LogP contribution >= 0.6 is 11.3 Å². The summed E-state index contributed by atoms with van der Waals surface area (Å²) >= 11 is 1.80. The van der Waals surface area contributed by atoms with Crippen molar-refractivity contribution in [3.8, 4) is 0 Å². The van der Waals surface area contributed by atoms with Crippen LogP contribution in [0.3, 0.4) is 0 Å². The molecule has 1 aliphatic heterocycles. The summed E-state index contributed by atoms with van der Waals surface area (Å²) < 4.78 is 11.4. The molecule has 20 heavy (non-hydrogen) atoms. The van der Waals surface area contributed by atoms with Crippen molar-refractivity contribution in [3.05, 3.63) is 10.6 Å². The number of hydrogen-bond donors (Lipinski definition) is 1. The Labute approximate surface area is 128 Å². The van der Waals surface area contributed by atoms with Gasteiger partial charge in [-0.2, -0.15) is 0 Å². The molecule has 0 bridgehead atoms. The quantitative estimate of drug-likeness (QED) is 0.874. The Kier molecular flexibility index (Phi) is 5.99. The summed E-state index contributed by atoms with van der Waals surface area (Å²) in [5.41, 5.74) is 1.24. The van der Waals surface area contributed by atoms with Crippen LogP contribution in [0.15, 0.2) is 0 Å². The zero-order chi connectivity index (χ0) is 14.5. The van der Waals surface area contributed by atoms with Crippen LogP contribution in [0.4, 0.5) is 5.13 Å².